The zero-order chi connectivity index (χ0) is 16.2. The van der Waals surface area contributed by atoms with E-state index in [9.17, 15) is 0 Å². The third kappa shape index (κ3) is 3.66. The van der Waals surface area contributed by atoms with Gasteiger partial charge in [-0.15, -0.1) is 11.3 Å². The molecular weight excluding hydrogens is 314 g/mol. The van der Waals surface area contributed by atoms with Crippen molar-refractivity contribution in [2.24, 2.45) is 0 Å². The van der Waals surface area contributed by atoms with Crippen LogP contribution in [0, 0.1) is 0 Å². The number of rotatable bonds is 5. The van der Waals surface area contributed by atoms with Gasteiger partial charge in [-0.2, -0.15) is 0 Å². The van der Waals surface area contributed by atoms with Crippen molar-refractivity contribution in [1.82, 2.24) is 9.88 Å². The summed E-state index contributed by atoms with van der Waals surface area (Å²) >= 11 is 1.76. The van der Waals surface area contributed by atoms with Crippen LogP contribution in [0.3, 0.4) is 0 Å². The van der Waals surface area contributed by atoms with Crippen molar-refractivity contribution in [2.75, 3.05) is 18.4 Å². The van der Waals surface area contributed by atoms with Gasteiger partial charge in [0.15, 0.2) is 0 Å². The Morgan fingerprint density at radius 3 is 2.58 bits per heavy atom. The molecule has 4 rings (SSSR count). The molecule has 3 nitrogen and oxygen atoms in total. The number of para-hydroxylation sites is 1. The molecule has 2 aromatic carbocycles. The molecule has 3 aromatic rings. The van der Waals surface area contributed by atoms with Crippen molar-refractivity contribution in [3.8, 4) is 11.3 Å². The van der Waals surface area contributed by atoms with Crippen LogP contribution in [0.25, 0.3) is 11.3 Å². The third-order valence-electron chi connectivity index (χ3n) is 4.40. The van der Waals surface area contributed by atoms with Gasteiger partial charge in [-0.1, -0.05) is 48.5 Å². The van der Waals surface area contributed by atoms with Crippen LogP contribution in [0.15, 0.2) is 66.0 Å². The molecule has 1 aliphatic heterocycles. The molecule has 122 valence electrons. The van der Waals surface area contributed by atoms with Gasteiger partial charge in [0, 0.05) is 35.8 Å². The summed E-state index contributed by atoms with van der Waals surface area (Å²) in [6.07, 6.45) is 1.19. The molecule has 24 heavy (non-hydrogen) atoms. The quantitative estimate of drug-likeness (QED) is 0.744. The fraction of sp³-hybridized carbons (Fsp3) is 0.250. The lowest BCUT2D eigenvalue weighted by Gasteiger charge is -2.16. The fourth-order valence-electron chi connectivity index (χ4n) is 3.18. The summed E-state index contributed by atoms with van der Waals surface area (Å²) in [4.78, 5) is 7.30. The van der Waals surface area contributed by atoms with Gasteiger partial charge in [0.05, 0.1) is 12.2 Å². The molecule has 1 N–H and O–H groups in total. The SMILES string of the molecule is c1ccc(NC2CCN(Cc3nc(-c4ccccc4)cs3)C2)cc1. The van der Waals surface area contributed by atoms with E-state index in [0.717, 1.165) is 25.3 Å². The smallest absolute Gasteiger partial charge is 0.107 e. The Morgan fingerprint density at radius 2 is 1.79 bits per heavy atom. The molecule has 1 aromatic heterocycles. The summed E-state index contributed by atoms with van der Waals surface area (Å²) in [6, 6.07) is 21.4. The number of likely N-dealkylation sites (tertiary alicyclic amines) is 1. The largest absolute Gasteiger partial charge is 0.381 e. The van der Waals surface area contributed by atoms with E-state index >= 15 is 0 Å². The molecular formula is C20H21N3S. The van der Waals surface area contributed by atoms with Crippen molar-refractivity contribution in [2.45, 2.75) is 19.0 Å². The summed E-state index contributed by atoms with van der Waals surface area (Å²) in [7, 11) is 0. The van der Waals surface area contributed by atoms with Gasteiger partial charge in [-0.05, 0) is 18.6 Å². The van der Waals surface area contributed by atoms with E-state index in [-0.39, 0.29) is 0 Å². The van der Waals surface area contributed by atoms with Crippen LogP contribution < -0.4 is 5.32 Å². The molecule has 1 saturated heterocycles. The summed E-state index contributed by atoms with van der Waals surface area (Å²) in [5, 5.41) is 7.00. The zero-order valence-corrected chi connectivity index (χ0v) is 14.4. The van der Waals surface area contributed by atoms with Crippen molar-refractivity contribution >= 4 is 17.0 Å². The minimum absolute atomic E-state index is 0.529. The molecule has 0 radical (unpaired) electrons. The summed E-state index contributed by atoms with van der Waals surface area (Å²) in [6.45, 7) is 3.16. The maximum absolute atomic E-state index is 4.81. The maximum Gasteiger partial charge on any atom is 0.107 e. The van der Waals surface area contributed by atoms with E-state index in [1.54, 1.807) is 11.3 Å². The number of nitrogens with zero attached hydrogens (tertiary/aromatic N) is 2. The molecule has 0 amide bonds. The average molecular weight is 335 g/mol. The van der Waals surface area contributed by atoms with Gasteiger partial charge in [0.25, 0.3) is 0 Å². The Labute approximate surface area is 147 Å². The number of hydrogen-bond donors (Lipinski definition) is 1. The molecule has 1 unspecified atom stereocenters. The van der Waals surface area contributed by atoms with Crippen molar-refractivity contribution in [1.29, 1.82) is 0 Å². The third-order valence-corrected chi connectivity index (χ3v) is 5.23. The van der Waals surface area contributed by atoms with Gasteiger partial charge in [0.1, 0.15) is 5.01 Å². The van der Waals surface area contributed by atoms with Crippen LogP contribution in [0.1, 0.15) is 11.4 Å². The lowest BCUT2D eigenvalue weighted by atomic mass is 10.2. The molecule has 2 heterocycles. The van der Waals surface area contributed by atoms with E-state index in [2.05, 4.69) is 70.2 Å². The standard InChI is InChI=1S/C20H21N3S/c1-3-7-16(8-4-1)19-15-24-20(22-19)14-23-12-11-18(13-23)21-17-9-5-2-6-10-17/h1-10,15,18,21H,11-14H2. The van der Waals surface area contributed by atoms with Crippen molar-refractivity contribution in [3.05, 3.63) is 71.1 Å². The lowest BCUT2D eigenvalue weighted by molar-refractivity contribution is 0.328. The molecule has 0 spiro atoms. The van der Waals surface area contributed by atoms with E-state index in [0.29, 0.717) is 6.04 Å². The molecule has 0 aliphatic carbocycles. The lowest BCUT2D eigenvalue weighted by Crippen LogP contribution is -2.25. The van der Waals surface area contributed by atoms with Crippen molar-refractivity contribution < 1.29 is 0 Å². The number of aromatic nitrogens is 1. The van der Waals surface area contributed by atoms with Crippen LogP contribution >= 0.6 is 11.3 Å². The highest BCUT2D eigenvalue weighted by Gasteiger charge is 2.23. The molecule has 0 saturated carbocycles. The van der Waals surface area contributed by atoms with Crippen LogP contribution in [-0.2, 0) is 6.54 Å². The molecule has 0 bridgehead atoms. The topological polar surface area (TPSA) is 28.2 Å². The summed E-state index contributed by atoms with van der Waals surface area (Å²) in [5.74, 6) is 0. The Bertz CT molecular complexity index is 770. The predicted molar refractivity (Wildman–Crippen MR) is 101 cm³/mol. The highest BCUT2D eigenvalue weighted by molar-refractivity contribution is 7.09. The Kier molecular flexibility index (Phi) is 4.58. The number of nitrogens with one attached hydrogen (secondary N) is 1. The highest BCUT2D eigenvalue weighted by atomic mass is 32.1. The van der Waals surface area contributed by atoms with Crippen LogP contribution in [0.4, 0.5) is 5.69 Å². The molecule has 4 heteroatoms. The van der Waals surface area contributed by atoms with Gasteiger partial charge in [0.2, 0.25) is 0 Å². The minimum atomic E-state index is 0.529. The van der Waals surface area contributed by atoms with Gasteiger partial charge >= 0.3 is 0 Å². The second kappa shape index (κ2) is 7.16. The molecule has 1 atom stereocenters. The Hall–Kier alpha value is -2.17. The first-order valence-electron chi connectivity index (χ1n) is 8.40. The van der Waals surface area contributed by atoms with Crippen LogP contribution in [0.2, 0.25) is 0 Å². The van der Waals surface area contributed by atoms with E-state index in [4.69, 9.17) is 4.98 Å². The zero-order valence-electron chi connectivity index (χ0n) is 13.6. The molecule has 1 fully saturated rings. The van der Waals surface area contributed by atoms with Gasteiger partial charge in [-0.25, -0.2) is 4.98 Å². The van der Waals surface area contributed by atoms with Crippen LogP contribution in [0.5, 0.6) is 0 Å². The first kappa shape index (κ1) is 15.4. The van der Waals surface area contributed by atoms with E-state index in [1.165, 1.54) is 22.7 Å². The number of anilines is 1. The average Bonchev–Trinajstić information content (AvgIpc) is 3.27. The second-order valence-corrected chi connectivity index (χ2v) is 7.17. The maximum atomic E-state index is 4.81. The van der Waals surface area contributed by atoms with E-state index in [1.807, 2.05) is 6.07 Å². The van der Waals surface area contributed by atoms with Gasteiger partial charge < -0.3 is 5.32 Å². The Morgan fingerprint density at radius 1 is 1.04 bits per heavy atom. The minimum Gasteiger partial charge on any atom is -0.381 e. The molecule has 1 aliphatic rings. The van der Waals surface area contributed by atoms with Crippen molar-refractivity contribution in [3.63, 3.8) is 0 Å². The normalized spacial score (nSPS) is 17.9. The Balaban J connectivity index is 1.34. The first-order chi connectivity index (χ1) is 11.9. The monoisotopic (exact) mass is 335 g/mol. The first-order valence-corrected chi connectivity index (χ1v) is 9.28. The van der Waals surface area contributed by atoms with Gasteiger partial charge in [-0.3, -0.25) is 4.90 Å². The number of benzene rings is 2. The van der Waals surface area contributed by atoms with E-state index < -0.39 is 0 Å². The number of hydrogen-bond acceptors (Lipinski definition) is 4. The van der Waals surface area contributed by atoms with Crippen LogP contribution in [-0.4, -0.2) is 29.0 Å². The highest BCUT2D eigenvalue weighted by Crippen LogP contribution is 2.24. The summed E-state index contributed by atoms with van der Waals surface area (Å²) in [5.41, 5.74) is 3.50. The second-order valence-electron chi connectivity index (χ2n) is 6.22. The predicted octanol–water partition coefficient (Wildman–Crippen LogP) is 4.50. The summed E-state index contributed by atoms with van der Waals surface area (Å²) < 4.78 is 0. The fourth-order valence-corrected chi connectivity index (χ4v) is 4.03. The number of thiazole rings is 1.